The molecule has 1 aliphatic heterocycles. The Labute approximate surface area is 133 Å². The third kappa shape index (κ3) is 3.31. The number of oxazole rings is 1. The maximum absolute atomic E-state index is 12.1. The van der Waals surface area contributed by atoms with Crippen LogP contribution in [-0.2, 0) is 21.2 Å². The van der Waals surface area contributed by atoms with Crippen LogP contribution in [0.25, 0.3) is 11.1 Å². The third-order valence-corrected chi connectivity index (χ3v) is 5.98. The van der Waals surface area contributed by atoms with E-state index in [1.165, 1.54) is 4.57 Å². The lowest BCUT2D eigenvalue weighted by Gasteiger charge is -2.23. The number of nitrogens with one attached hydrogen (secondary N) is 1. The summed E-state index contributed by atoms with van der Waals surface area (Å²) in [6.07, 6.45) is 0.495. The highest BCUT2D eigenvalue weighted by molar-refractivity contribution is 7.91. The van der Waals surface area contributed by atoms with Crippen LogP contribution >= 0.6 is 0 Å². The summed E-state index contributed by atoms with van der Waals surface area (Å²) in [7, 11) is -3.08. The van der Waals surface area contributed by atoms with Crippen LogP contribution in [0.1, 0.15) is 19.8 Å². The van der Waals surface area contributed by atoms with E-state index in [2.05, 4.69) is 5.32 Å². The quantitative estimate of drug-likeness (QED) is 0.884. The molecule has 1 N–H and O–H groups in total. The predicted octanol–water partition coefficient (Wildman–Crippen LogP) is 0.678. The Balaban J connectivity index is 1.67. The Morgan fingerprint density at radius 3 is 2.83 bits per heavy atom. The van der Waals surface area contributed by atoms with Gasteiger partial charge in [0.2, 0.25) is 5.91 Å². The molecule has 1 saturated heterocycles. The largest absolute Gasteiger partial charge is 0.419 e. The van der Waals surface area contributed by atoms with Crippen molar-refractivity contribution in [1.29, 1.82) is 0 Å². The Morgan fingerprint density at radius 1 is 1.39 bits per heavy atom. The van der Waals surface area contributed by atoms with Crippen molar-refractivity contribution in [3.05, 3.63) is 34.8 Å². The number of rotatable bonds is 4. The first kappa shape index (κ1) is 15.8. The van der Waals surface area contributed by atoms with E-state index >= 15 is 0 Å². The number of hydrogen-bond donors (Lipinski definition) is 1. The van der Waals surface area contributed by atoms with E-state index < -0.39 is 21.1 Å². The number of fused-ring (bicyclic) bond motifs is 1. The van der Waals surface area contributed by atoms with Gasteiger partial charge < -0.3 is 9.73 Å². The van der Waals surface area contributed by atoms with E-state index in [0.29, 0.717) is 17.5 Å². The summed E-state index contributed by atoms with van der Waals surface area (Å²) in [5.74, 6) is -0.730. The van der Waals surface area contributed by atoms with Crippen LogP contribution in [0.5, 0.6) is 0 Å². The zero-order chi connectivity index (χ0) is 16.7. The molecule has 124 valence electrons. The fraction of sp³-hybridized carbons (Fsp3) is 0.467. The smallest absolute Gasteiger partial charge is 0.408 e. The molecule has 1 aromatic carbocycles. The van der Waals surface area contributed by atoms with Crippen LogP contribution in [0.3, 0.4) is 0 Å². The fourth-order valence-electron chi connectivity index (χ4n) is 2.95. The number of hydrogen-bond acceptors (Lipinski definition) is 5. The Morgan fingerprint density at radius 2 is 2.13 bits per heavy atom. The molecule has 23 heavy (non-hydrogen) atoms. The minimum atomic E-state index is -3.08. The van der Waals surface area contributed by atoms with Crippen molar-refractivity contribution in [3.63, 3.8) is 0 Å². The predicted molar refractivity (Wildman–Crippen MR) is 84.9 cm³/mol. The molecular weight excluding hydrogens is 320 g/mol. The minimum Gasteiger partial charge on any atom is -0.408 e. The van der Waals surface area contributed by atoms with Crippen LogP contribution in [0.15, 0.2) is 33.5 Å². The molecule has 1 aliphatic rings. The van der Waals surface area contributed by atoms with Gasteiger partial charge in [-0.3, -0.25) is 9.36 Å². The number of amides is 1. The highest BCUT2D eigenvalue weighted by Gasteiger charge is 2.39. The molecule has 0 saturated carbocycles. The first-order valence-corrected chi connectivity index (χ1v) is 9.20. The fourth-order valence-corrected chi connectivity index (χ4v) is 5.04. The molecule has 0 bridgehead atoms. The lowest BCUT2D eigenvalue weighted by Crippen LogP contribution is -2.47. The average Bonchev–Trinajstić information content (AvgIpc) is 2.92. The van der Waals surface area contributed by atoms with E-state index in [1.807, 2.05) is 0 Å². The van der Waals surface area contributed by atoms with Crippen molar-refractivity contribution in [2.45, 2.75) is 31.8 Å². The number of aromatic nitrogens is 1. The Bertz CT molecular complexity index is 911. The Hall–Kier alpha value is -2.09. The maximum atomic E-state index is 12.1. The molecule has 7 nitrogen and oxygen atoms in total. The van der Waals surface area contributed by atoms with Gasteiger partial charge in [-0.1, -0.05) is 12.1 Å². The van der Waals surface area contributed by atoms with E-state index in [-0.39, 0.29) is 30.4 Å². The number of benzene rings is 1. The van der Waals surface area contributed by atoms with Gasteiger partial charge in [0.25, 0.3) is 0 Å². The number of carbonyl (C=O) groups excluding carboxylic acids is 1. The molecule has 8 heteroatoms. The normalized spacial score (nSPS) is 23.2. The van der Waals surface area contributed by atoms with Gasteiger partial charge in [-0.2, -0.15) is 0 Å². The molecular formula is C15H18N2O5S. The lowest BCUT2D eigenvalue weighted by atomic mass is 10.0. The topological polar surface area (TPSA) is 98.4 Å². The number of para-hydroxylation sites is 2. The highest BCUT2D eigenvalue weighted by atomic mass is 32.2. The third-order valence-electron chi connectivity index (χ3n) is 4.08. The molecule has 3 rings (SSSR count). The first-order chi connectivity index (χ1) is 10.8. The summed E-state index contributed by atoms with van der Waals surface area (Å²) in [6, 6.07) is 7.00. The van der Waals surface area contributed by atoms with Crippen molar-refractivity contribution in [2.24, 2.45) is 0 Å². The monoisotopic (exact) mass is 338 g/mol. The molecule has 1 amide bonds. The molecule has 0 radical (unpaired) electrons. The SMILES string of the molecule is CC1(NC(=O)CCn2c(=O)oc3ccccc32)CCS(=O)(=O)C1. The summed E-state index contributed by atoms with van der Waals surface area (Å²) in [6.45, 7) is 1.92. The van der Waals surface area contributed by atoms with Gasteiger partial charge in [-0.25, -0.2) is 13.2 Å². The van der Waals surface area contributed by atoms with Gasteiger partial charge in [0.05, 0.1) is 22.6 Å². The second kappa shape index (κ2) is 5.52. The Kier molecular flexibility index (Phi) is 3.79. The number of aryl methyl sites for hydroxylation is 1. The van der Waals surface area contributed by atoms with Crippen molar-refractivity contribution < 1.29 is 17.6 Å². The van der Waals surface area contributed by atoms with Crippen LogP contribution in [0, 0.1) is 0 Å². The van der Waals surface area contributed by atoms with Crippen molar-refractivity contribution in [3.8, 4) is 0 Å². The maximum Gasteiger partial charge on any atom is 0.419 e. The second-order valence-electron chi connectivity index (χ2n) is 6.19. The number of carbonyl (C=O) groups is 1. The van der Waals surface area contributed by atoms with Crippen LogP contribution in [0.4, 0.5) is 0 Å². The molecule has 1 unspecified atom stereocenters. The minimum absolute atomic E-state index is 0.0413. The van der Waals surface area contributed by atoms with E-state index in [0.717, 1.165) is 0 Å². The summed E-state index contributed by atoms with van der Waals surface area (Å²) in [4.78, 5) is 23.9. The van der Waals surface area contributed by atoms with Gasteiger partial charge in [-0.15, -0.1) is 0 Å². The molecule has 2 aromatic rings. The summed E-state index contributed by atoms with van der Waals surface area (Å²) >= 11 is 0. The molecule has 1 fully saturated rings. The van der Waals surface area contributed by atoms with Gasteiger partial charge in [0, 0.05) is 13.0 Å². The van der Waals surface area contributed by atoms with Gasteiger partial charge in [0.1, 0.15) is 0 Å². The van der Waals surface area contributed by atoms with E-state index in [9.17, 15) is 18.0 Å². The van der Waals surface area contributed by atoms with Crippen LogP contribution in [0.2, 0.25) is 0 Å². The highest BCUT2D eigenvalue weighted by Crippen LogP contribution is 2.23. The van der Waals surface area contributed by atoms with Gasteiger partial charge in [-0.05, 0) is 25.5 Å². The first-order valence-electron chi connectivity index (χ1n) is 7.38. The van der Waals surface area contributed by atoms with Crippen LogP contribution < -0.4 is 11.1 Å². The van der Waals surface area contributed by atoms with E-state index in [1.54, 1.807) is 31.2 Å². The van der Waals surface area contributed by atoms with Crippen molar-refractivity contribution >= 4 is 26.8 Å². The van der Waals surface area contributed by atoms with Crippen molar-refractivity contribution in [1.82, 2.24) is 9.88 Å². The standard InChI is InChI=1S/C15H18N2O5S/c1-15(7-9-23(20,21)10-15)16-13(18)6-8-17-11-4-2-3-5-12(11)22-14(17)19/h2-5H,6-10H2,1H3,(H,16,18). The van der Waals surface area contributed by atoms with Crippen molar-refractivity contribution in [2.75, 3.05) is 11.5 Å². The van der Waals surface area contributed by atoms with E-state index in [4.69, 9.17) is 4.42 Å². The van der Waals surface area contributed by atoms with Gasteiger partial charge in [0.15, 0.2) is 15.4 Å². The summed E-state index contributed by atoms with van der Waals surface area (Å²) < 4.78 is 29.6. The molecule has 0 aliphatic carbocycles. The van der Waals surface area contributed by atoms with Crippen LogP contribution in [-0.4, -0.2) is 35.9 Å². The second-order valence-corrected chi connectivity index (χ2v) is 8.37. The number of sulfone groups is 1. The summed E-state index contributed by atoms with van der Waals surface area (Å²) in [5.41, 5.74) is 0.394. The van der Waals surface area contributed by atoms with Gasteiger partial charge >= 0.3 is 5.76 Å². The molecule has 1 atom stereocenters. The number of nitrogens with zero attached hydrogens (tertiary/aromatic N) is 1. The lowest BCUT2D eigenvalue weighted by molar-refractivity contribution is -0.122. The average molecular weight is 338 g/mol. The zero-order valence-electron chi connectivity index (χ0n) is 12.7. The molecule has 1 aromatic heterocycles. The zero-order valence-corrected chi connectivity index (χ0v) is 13.6. The molecule has 2 heterocycles. The molecule has 0 spiro atoms. The summed E-state index contributed by atoms with van der Waals surface area (Å²) in [5, 5.41) is 2.78.